The summed E-state index contributed by atoms with van der Waals surface area (Å²) in [4.78, 5) is 15.0. The number of H-pyrrole nitrogens is 1. The Morgan fingerprint density at radius 1 is 1.75 bits per heavy atom. The fourth-order valence-corrected chi connectivity index (χ4v) is 1.05. The van der Waals surface area contributed by atoms with Gasteiger partial charge in [-0.05, 0) is 0 Å². The molecule has 0 radical (unpaired) electrons. The van der Waals surface area contributed by atoms with Gasteiger partial charge in [-0.2, -0.15) is 0 Å². The van der Waals surface area contributed by atoms with Crippen molar-refractivity contribution < 1.29 is 4.79 Å². The molecule has 0 saturated carbocycles. The average Bonchev–Trinajstić information content (AvgIpc) is 2.62. The van der Waals surface area contributed by atoms with Gasteiger partial charge in [0, 0.05) is 18.6 Å². The SMILES string of the molecule is NNC(=O)c1c[nH]n2ccnc12. The molecule has 6 heteroatoms. The number of nitrogen functional groups attached to an aromatic ring is 1. The van der Waals surface area contributed by atoms with Crippen molar-refractivity contribution in [3.05, 3.63) is 24.2 Å². The van der Waals surface area contributed by atoms with Crippen LogP contribution in [0.25, 0.3) is 5.65 Å². The molecule has 0 spiro atoms. The Labute approximate surface area is 67.3 Å². The third kappa shape index (κ3) is 0.785. The van der Waals surface area contributed by atoms with Gasteiger partial charge in [0.25, 0.3) is 5.91 Å². The Morgan fingerprint density at radius 2 is 2.58 bits per heavy atom. The predicted octanol–water partition coefficient (Wildman–Crippen LogP) is -0.734. The lowest BCUT2D eigenvalue weighted by Gasteiger charge is -1.92. The Morgan fingerprint density at radius 3 is 3.33 bits per heavy atom. The maximum atomic E-state index is 11.1. The summed E-state index contributed by atoms with van der Waals surface area (Å²) in [6.07, 6.45) is 4.85. The second kappa shape index (κ2) is 2.35. The molecule has 0 atom stereocenters. The second-order valence-electron chi connectivity index (χ2n) is 2.28. The van der Waals surface area contributed by atoms with Crippen molar-refractivity contribution in [2.45, 2.75) is 0 Å². The van der Waals surface area contributed by atoms with Crippen molar-refractivity contribution in [2.75, 3.05) is 0 Å². The molecule has 0 aliphatic rings. The van der Waals surface area contributed by atoms with Gasteiger partial charge in [-0.15, -0.1) is 0 Å². The van der Waals surface area contributed by atoms with E-state index >= 15 is 0 Å². The van der Waals surface area contributed by atoms with Crippen LogP contribution in [0.3, 0.4) is 0 Å². The number of nitrogens with one attached hydrogen (secondary N) is 2. The summed E-state index contributed by atoms with van der Waals surface area (Å²) >= 11 is 0. The highest BCUT2D eigenvalue weighted by Crippen LogP contribution is 2.06. The number of fused-ring (bicyclic) bond motifs is 1. The maximum absolute atomic E-state index is 11.1. The number of carbonyl (C=O) groups is 1. The number of nitrogens with two attached hydrogens (primary N) is 1. The van der Waals surface area contributed by atoms with Crippen LogP contribution in [0.2, 0.25) is 0 Å². The van der Waals surface area contributed by atoms with Crippen molar-refractivity contribution in [1.82, 2.24) is 20.0 Å². The number of rotatable bonds is 1. The molecule has 2 aromatic heterocycles. The van der Waals surface area contributed by atoms with Gasteiger partial charge in [0.2, 0.25) is 0 Å². The highest BCUT2D eigenvalue weighted by Gasteiger charge is 2.10. The van der Waals surface area contributed by atoms with E-state index < -0.39 is 0 Å². The number of hydrazine groups is 1. The van der Waals surface area contributed by atoms with Crippen LogP contribution in [0, 0.1) is 0 Å². The van der Waals surface area contributed by atoms with Crippen LogP contribution >= 0.6 is 0 Å². The summed E-state index contributed by atoms with van der Waals surface area (Å²) in [6, 6.07) is 0. The van der Waals surface area contributed by atoms with Gasteiger partial charge in [0.15, 0.2) is 5.65 Å². The van der Waals surface area contributed by atoms with E-state index in [0.29, 0.717) is 11.2 Å². The monoisotopic (exact) mass is 165 g/mol. The number of aromatic amines is 1. The molecule has 1 amide bonds. The van der Waals surface area contributed by atoms with E-state index in [-0.39, 0.29) is 5.91 Å². The van der Waals surface area contributed by atoms with E-state index in [9.17, 15) is 4.79 Å². The summed E-state index contributed by atoms with van der Waals surface area (Å²) in [6.45, 7) is 0. The highest BCUT2D eigenvalue weighted by molar-refractivity contribution is 5.99. The van der Waals surface area contributed by atoms with Crippen molar-refractivity contribution in [1.29, 1.82) is 0 Å². The minimum absolute atomic E-state index is 0.354. The summed E-state index contributed by atoms with van der Waals surface area (Å²) in [7, 11) is 0. The molecule has 0 saturated heterocycles. The van der Waals surface area contributed by atoms with Crippen LogP contribution in [0.15, 0.2) is 18.6 Å². The van der Waals surface area contributed by atoms with Gasteiger partial charge in [-0.1, -0.05) is 0 Å². The van der Waals surface area contributed by atoms with Crippen molar-refractivity contribution >= 4 is 11.6 Å². The fraction of sp³-hybridized carbons (Fsp3) is 0. The van der Waals surface area contributed by atoms with Crippen LogP contribution in [-0.4, -0.2) is 20.5 Å². The quantitative estimate of drug-likeness (QED) is 0.295. The molecule has 0 unspecified atom stereocenters. The molecule has 4 N–H and O–H groups in total. The Bertz CT molecular complexity index is 414. The molecule has 6 nitrogen and oxygen atoms in total. The van der Waals surface area contributed by atoms with Gasteiger partial charge >= 0.3 is 0 Å². The second-order valence-corrected chi connectivity index (χ2v) is 2.28. The lowest BCUT2D eigenvalue weighted by atomic mass is 10.3. The topological polar surface area (TPSA) is 88.2 Å². The van der Waals surface area contributed by atoms with Gasteiger partial charge in [-0.25, -0.2) is 15.3 Å². The first kappa shape index (κ1) is 6.86. The van der Waals surface area contributed by atoms with Crippen molar-refractivity contribution in [3.63, 3.8) is 0 Å². The number of nitrogens with zero attached hydrogens (tertiary/aromatic N) is 2. The molecule has 0 aromatic carbocycles. The van der Waals surface area contributed by atoms with E-state index in [2.05, 4.69) is 10.1 Å². The van der Waals surface area contributed by atoms with Crippen LogP contribution < -0.4 is 11.3 Å². The number of hydrogen-bond acceptors (Lipinski definition) is 3. The zero-order valence-corrected chi connectivity index (χ0v) is 6.11. The predicted molar refractivity (Wildman–Crippen MR) is 41.2 cm³/mol. The molecule has 2 rings (SSSR count). The molecule has 0 bridgehead atoms. The van der Waals surface area contributed by atoms with Crippen LogP contribution in [0.5, 0.6) is 0 Å². The molecule has 0 fully saturated rings. The summed E-state index contributed by atoms with van der Waals surface area (Å²) in [5.41, 5.74) is 3.04. The minimum Gasteiger partial charge on any atom is -0.299 e. The number of amides is 1. The van der Waals surface area contributed by atoms with Gasteiger partial charge in [0.1, 0.15) is 5.56 Å². The zero-order valence-electron chi connectivity index (χ0n) is 6.11. The first-order valence-electron chi connectivity index (χ1n) is 3.34. The highest BCUT2D eigenvalue weighted by atomic mass is 16.2. The number of hydrogen-bond donors (Lipinski definition) is 3. The van der Waals surface area contributed by atoms with Crippen LogP contribution in [0.4, 0.5) is 0 Å². The third-order valence-electron chi connectivity index (χ3n) is 1.61. The number of aromatic nitrogens is 3. The minimum atomic E-state index is -0.354. The van der Waals surface area contributed by atoms with Crippen LogP contribution in [0.1, 0.15) is 10.4 Å². The summed E-state index contributed by atoms with van der Waals surface area (Å²) < 4.78 is 1.63. The van der Waals surface area contributed by atoms with Gasteiger partial charge < -0.3 is 0 Å². The van der Waals surface area contributed by atoms with E-state index in [4.69, 9.17) is 5.84 Å². The lowest BCUT2D eigenvalue weighted by Crippen LogP contribution is -2.29. The first-order valence-corrected chi connectivity index (χ1v) is 3.34. The maximum Gasteiger partial charge on any atom is 0.270 e. The largest absolute Gasteiger partial charge is 0.299 e. The molecular formula is C6H7N5O. The van der Waals surface area contributed by atoms with Gasteiger partial charge in [-0.3, -0.25) is 15.3 Å². The Kier molecular flexibility index (Phi) is 1.34. The van der Waals surface area contributed by atoms with Crippen molar-refractivity contribution in [2.24, 2.45) is 5.84 Å². The standard InChI is InChI=1S/C6H7N5O/c7-10-6(12)4-3-9-11-2-1-8-5(4)11/h1-3,9H,7H2,(H,10,12). The summed E-state index contributed by atoms with van der Waals surface area (Å²) in [5, 5.41) is 2.82. The molecule has 62 valence electrons. The summed E-state index contributed by atoms with van der Waals surface area (Å²) in [5.74, 6) is 4.62. The zero-order chi connectivity index (χ0) is 8.55. The van der Waals surface area contributed by atoms with Crippen molar-refractivity contribution in [3.8, 4) is 0 Å². The van der Waals surface area contributed by atoms with E-state index in [1.165, 1.54) is 0 Å². The fourth-order valence-electron chi connectivity index (χ4n) is 1.05. The molecule has 0 aliphatic carbocycles. The molecular weight excluding hydrogens is 158 g/mol. The number of imidazole rings is 1. The number of carbonyl (C=O) groups excluding carboxylic acids is 1. The third-order valence-corrected chi connectivity index (χ3v) is 1.61. The molecule has 2 heterocycles. The molecule has 12 heavy (non-hydrogen) atoms. The van der Waals surface area contributed by atoms with E-state index in [1.807, 2.05) is 5.43 Å². The smallest absolute Gasteiger partial charge is 0.270 e. The Hall–Kier alpha value is -1.82. The van der Waals surface area contributed by atoms with Gasteiger partial charge in [0.05, 0.1) is 0 Å². The van der Waals surface area contributed by atoms with E-state index in [1.54, 1.807) is 23.1 Å². The van der Waals surface area contributed by atoms with E-state index in [0.717, 1.165) is 0 Å². The molecule has 2 aromatic rings. The average molecular weight is 165 g/mol. The normalized spacial score (nSPS) is 10.4. The Balaban J connectivity index is 2.61. The molecule has 0 aliphatic heterocycles. The lowest BCUT2D eigenvalue weighted by molar-refractivity contribution is 0.0955. The van der Waals surface area contributed by atoms with Crippen LogP contribution in [-0.2, 0) is 0 Å². The first-order chi connectivity index (χ1) is 5.83.